The molecule has 1 fully saturated rings. The Morgan fingerprint density at radius 3 is 2.68 bits per heavy atom. The Bertz CT molecular complexity index is 739. The molecule has 1 aliphatic rings. The minimum absolute atomic E-state index is 0. The average Bonchev–Trinajstić information content (AvgIpc) is 3.34. The summed E-state index contributed by atoms with van der Waals surface area (Å²) < 4.78 is 3.19. The maximum Gasteiger partial charge on any atom is 0.194 e. The summed E-state index contributed by atoms with van der Waals surface area (Å²) in [4.78, 5) is 7.11. The molecular weight excluding hydrogens is 531 g/mol. The van der Waals surface area contributed by atoms with Crippen LogP contribution in [-0.2, 0) is 19.5 Å². The van der Waals surface area contributed by atoms with E-state index in [2.05, 4.69) is 79.1 Å². The monoisotopic (exact) mass is 560 g/mol. The summed E-state index contributed by atoms with van der Waals surface area (Å²) in [5.41, 5.74) is 1.27. The molecule has 1 N–H and O–H groups in total. The van der Waals surface area contributed by atoms with Gasteiger partial charge in [-0.15, -0.1) is 34.2 Å². The number of aromatic nitrogens is 3. The predicted molar refractivity (Wildman–Crippen MR) is 128 cm³/mol. The molecule has 3 rings (SSSR count). The van der Waals surface area contributed by atoms with Gasteiger partial charge in [0.25, 0.3) is 0 Å². The second-order valence-corrected chi connectivity index (χ2v) is 8.02. The first-order chi connectivity index (χ1) is 13.2. The summed E-state index contributed by atoms with van der Waals surface area (Å²) in [5.74, 6) is 2.00. The minimum Gasteiger partial charge on any atom is -0.354 e. The highest BCUT2D eigenvalue weighted by Gasteiger charge is 2.18. The molecule has 1 saturated carbocycles. The maximum atomic E-state index is 4.90. The number of nitrogens with one attached hydrogen (secondary N) is 1. The molecule has 0 unspecified atom stereocenters. The molecular formula is C20H30BrIN6. The van der Waals surface area contributed by atoms with Crippen molar-refractivity contribution in [3.63, 3.8) is 0 Å². The molecule has 2 aromatic rings. The van der Waals surface area contributed by atoms with E-state index in [1.165, 1.54) is 31.2 Å². The summed E-state index contributed by atoms with van der Waals surface area (Å²) in [6.45, 7) is 4.45. The van der Waals surface area contributed by atoms with Gasteiger partial charge < -0.3 is 14.8 Å². The van der Waals surface area contributed by atoms with Crippen molar-refractivity contribution in [2.24, 2.45) is 4.99 Å². The van der Waals surface area contributed by atoms with Crippen LogP contribution in [0, 0.1) is 0 Å². The Balaban J connectivity index is 0.00000280. The van der Waals surface area contributed by atoms with Crippen molar-refractivity contribution in [1.29, 1.82) is 0 Å². The standard InChI is InChI=1S/C20H29BrN6.HI/c1-3-19-25-23-15-27(19)13-12-22-20(24-18-6-4-5-7-18)26(2)14-16-8-10-17(21)11-9-16;/h8-11,15,18H,3-7,12-14H2,1-2H3,(H,22,24);1H. The largest absolute Gasteiger partial charge is 0.354 e. The summed E-state index contributed by atoms with van der Waals surface area (Å²) in [5, 5.41) is 11.8. The highest BCUT2D eigenvalue weighted by molar-refractivity contribution is 14.0. The van der Waals surface area contributed by atoms with Crippen molar-refractivity contribution >= 4 is 45.9 Å². The molecule has 0 radical (unpaired) electrons. The molecule has 0 spiro atoms. The SMILES string of the molecule is CCc1nncn1CCN=C(NC1CCCC1)N(C)Cc1ccc(Br)cc1.I. The zero-order chi connectivity index (χ0) is 19.1. The number of halogens is 2. The number of rotatable bonds is 7. The Hall–Kier alpha value is -1.16. The molecule has 154 valence electrons. The molecule has 0 amide bonds. The number of aryl methyl sites for hydroxylation is 1. The van der Waals surface area contributed by atoms with Crippen LogP contribution in [0.5, 0.6) is 0 Å². The van der Waals surface area contributed by atoms with Crippen LogP contribution < -0.4 is 5.32 Å². The molecule has 1 aromatic heterocycles. The van der Waals surface area contributed by atoms with E-state index in [0.717, 1.165) is 35.8 Å². The van der Waals surface area contributed by atoms with Crippen LogP contribution in [0.4, 0.5) is 0 Å². The summed E-state index contributed by atoms with van der Waals surface area (Å²) in [6.07, 6.45) is 7.77. The van der Waals surface area contributed by atoms with Crippen LogP contribution in [0.25, 0.3) is 0 Å². The molecule has 0 saturated heterocycles. The van der Waals surface area contributed by atoms with Gasteiger partial charge in [-0.25, -0.2) is 0 Å². The first-order valence-corrected chi connectivity index (χ1v) is 10.6. The van der Waals surface area contributed by atoms with Crippen LogP contribution >= 0.6 is 39.9 Å². The quantitative estimate of drug-likeness (QED) is 0.312. The second kappa shape index (κ2) is 11.7. The molecule has 6 nitrogen and oxygen atoms in total. The molecule has 1 heterocycles. The van der Waals surface area contributed by atoms with Gasteiger partial charge in [-0.3, -0.25) is 4.99 Å². The van der Waals surface area contributed by atoms with Crippen LogP contribution in [0.3, 0.4) is 0 Å². The van der Waals surface area contributed by atoms with E-state index in [1.807, 2.05) is 0 Å². The Kier molecular flexibility index (Phi) is 9.70. The van der Waals surface area contributed by atoms with Gasteiger partial charge >= 0.3 is 0 Å². The van der Waals surface area contributed by atoms with Crippen molar-refractivity contribution in [2.45, 2.75) is 58.2 Å². The van der Waals surface area contributed by atoms with Gasteiger partial charge in [-0.2, -0.15) is 0 Å². The Labute approximate surface area is 193 Å². The molecule has 0 atom stereocenters. The van der Waals surface area contributed by atoms with Gasteiger partial charge in [0.2, 0.25) is 0 Å². The lowest BCUT2D eigenvalue weighted by atomic mass is 10.2. The first kappa shape index (κ1) is 23.1. The number of benzene rings is 1. The van der Waals surface area contributed by atoms with Crippen molar-refractivity contribution in [1.82, 2.24) is 25.0 Å². The lowest BCUT2D eigenvalue weighted by Crippen LogP contribution is -2.43. The molecule has 8 heteroatoms. The van der Waals surface area contributed by atoms with Crippen molar-refractivity contribution < 1.29 is 0 Å². The van der Waals surface area contributed by atoms with Crippen molar-refractivity contribution in [2.75, 3.05) is 13.6 Å². The summed E-state index contributed by atoms with van der Waals surface area (Å²) in [7, 11) is 2.11. The maximum absolute atomic E-state index is 4.90. The smallest absolute Gasteiger partial charge is 0.194 e. The van der Waals surface area contributed by atoms with Crippen LogP contribution in [0.15, 0.2) is 40.1 Å². The van der Waals surface area contributed by atoms with E-state index < -0.39 is 0 Å². The zero-order valence-corrected chi connectivity index (χ0v) is 20.6. The molecule has 28 heavy (non-hydrogen) atoms. The number of hydrogen-bond donors (Lipinski definition) is 1. The highest BCUT2D eigenvalue weighted by atomic mass is 127. The van der Waals surface area contributed by atoms with E-state index in [1.54, 1.807) is 6.33 Å². The van der Waals surface area contributed by atoms with Gasteiger partial charge in [0.15, 0.2) is 5.96 Å². The predicted octanol–water partition coefficient (Wildman–Crippen LogP) is 4.24. The van der Waals surface area contributed by atoms with E-state index in [4.69, 9.17) is 4.99 Å². The summed E-state index contributed by atoms with van der Waals surface area (Å²) >= 11 is 3.50. The normalized spacial score (nSPS) is 14.8. The van der Waals surface area contributed by atoms with Crippen LogP contribution in [0.2, 0.25) is 0 Å². The Morgan fingerprint density at radius 2 is 2.00 bits per heavy atom. The third kappa shape index (κ3) is 6.72. The van der Waals surface area contributed by atoms with Crippen LogP contribution in [-0.4, -0.2) is 45.3 Å². The number of aliphatic imine (C=N–C) groups is 1. The van der Waals surface area contributed by atoms with Gasteiger partial charge in [0.05, 0.1) is 6.54 Å². The molecule has 1 aromatic carbocycles. The molecule has 0 aliphatic heterocycles. The van der Waals surface area contributed by atoms with Crippen molar-refractivity contribution in [3.05, 3.63) is 46.5 Å². The highest BCUT2D eigenvalue weighted by Crippen LogP contribution is 2.18. The van der Waals surface area contributed by atoms with E-state index in [-0.39, 0.29) is 24.0 Å². The first-order valence-electron chi connectivity index (χ1n) is 9.79. The lowest BCUT2D eigenvalue weighted by molar-refractivity contribution is 0.456. The van der Waals surface area contributed by atoms with E-state index in [9.17, 15) is 0 Å². The molecule has 0 bridgehead atoms. The fraction of sp³-hybridized carbons (Fsp3) is 0.550. The minimum atomic E-state index is 0. The van der Waals surface area contributed by atoms with Crippen molar-refractivity contribution in [3.8, 4) is 0 Å². The van der Waals surface area contributed by atoms with Gasteiger partial charge in [0.1, 0.15) is 12.2 Å². The van der Waals surface area contributed by atoms with E-state index >= 15 is 0 Å². The number of hydrogen-bond acceptors (Lipinski definition) is 3. The Morgan fingerprint density at radius 1 is 1.29 bits per heavy atom. The third-order valence-corrected chi connectivity index (χ3v) is 5.53. The zero-order valence-electron chi connectivity index (χ0n) is 16.6. The third-order valence-electron chi connectivity index (χ3n) is 5.00. The molecule has 1 aliphatic carbocycles. The second-order valence-electron chi connectivity index (χ2n) is 7.11. The van der Waals surface area contributed by atoms with Crippen LogP contribution in [0.1, 0.15) is 44.0 Å². The lowest BCUT2D eigenvalue weighted by Gasteiger charge is -2.25. The van der Waals surface area contributed by atoms with Gasteiger partial charge in [-0.1, -0.05) is 47.8 Å². The summed E-state index contributed by atoms with van der Waals surface area (Å²) in [6, 6.07) is 9.01. The number of guanidine groups is 1. The fourth-order valence-electron chi connectivity index (χ4n) is 3.47. The topological polar surface area (TPSA) is 58.3 Å². The fourth-order valence-corrected chi connectivity index (χ4v) is 3.74. The average molecular weight is 561 g/mol. The number of nitrogens with zero attached hydrogens (tertiary/aromatic N) is 5. The van der Waals surface area contributed by atoms with Gasteiger partial charge in [0, 0.05) is 37.1 Å². The van der Waals surface area contributed by atoms with E-state index in [0.29, 0.717) is 12.6 Å². The van der Waals surface area contributed by atoms with Gasteiger partial charge in [-0.05, 0) is 30.5 Å².